The highest BCUT2D eigenvalue weighted by Gasteiger charge is 2.47. The van der Waals surface area contributed by atoms with Gasteiger partial charge in [0, 0.05) is 53.8 Å². The van der Waals surface area contributed by atoms with Gasteiger partial charge in [-0.05, 0) is 250 Å². The molecule has 1 aromatic heterocycles. The topological polar surface area (TPSA) is 6.48 Å². The van der Waals surface area contributed by atoms with Crippen LogP contribution in [0.1, 0.15) is 94.5 Å². The van der Waals surface area contributed by atoms with Gasteiger partial charge in [0.05, 0.1) is 16.8 Å². The molecule has 3 heteroatoms. The molecule has 3 aliphatic rings. The number of hydrogen-bond acceptors (Lipinski definition) is 3. The fraction of sp³-hybridized carbons (Fsp3) is 0.107. The highest BCUT2D eigenvalue weighted by atomic mass is 32.1. The maximum atomic E-state index is 2.54. The molecule has 106 heavy (non-hydrogen) atoms. The molecule has 1 heterocycles. The number of rotatable bonds is 10. The Balaban J connectivity index is 0.000000149. The zero-order chi connectivity index (χ0) is 71.7. The van der Waals surface area contributed by atoms with E-state index in [9.17, 15) is 0 Å². The highest BCUT2D eigenvalue weighted by Crippen LogP contribution is 2.59. The second-order valence-corrected chi connectivity index (χ2v) is 31.6. The molecule has 16 aromatic carbocycles. The number of benzene rings is 16. The van der Waals surface area contributed by atoms with Crippen LogP contribution in [0.25, 0.3) is 97.4 Å². The molecule has 0 spiro atoms. The quantitative estimate of drug-likeness (QED) is 0.135. The first-order valence-electron chi connectivity index (χ1n) is 37.3. The fourth-order valence-electron chi connectivity index (χ4n) is 18.8. The lowest BCUT2D eigenvalue weighted by Crippen LogP contribution is -2.28. The summed E-state index contributed by atoms with van der Waals surface area (Å²) in [5.41, 5.74) is 35.0. The fourth-order valence-corrected chi connectivity index (χ4v) is 19.9. The molecule has 0 unspecified atom stereocenters. The normalized spacial score (nSPS) is 13.7. The van der Waals surface area contributed by atoms with E-state index in [0.29, 0.717) is 0 Å². The van der Waals surface area contributed by atoms with Gasteiger partial charge >= 0.3 is 0 Å². The number of hydrogen-bond donors (Lipinski definition) is 0. The van der Waals surface area contributed by atoms with Crippen molar-refractivity contribution in [3.05, 3.63) is 406 Å². The van der Waals surface area contributed by atoms with Crippen LogP contribution in [0, 0.1) is 27.7 Å². The average molecular weight is 1380 g/mol. The molecule has 0 atom stereocenters. The van der Waals surface area contributed by atoms with Crippen LogP contribution in [0.5, 0.6) is 0 Å². The SMILES string of the molecule is Cc1cc(-c2cccc3ccccc23)cc(C)c1N(c1ccc2c(c1)C(C)(C)c1ccccc1-2)c1ccc2c(c1)C(c1ccccc1)(c1ccccc1)c1ccccc1-2.Cc1cc(-c2cccc3ccccc23)cc(C)c1N(c1ccc2c(c1)C(C)(C)c1ccccc1-2)c1ccc2c(c1)sc1ccccc12. The summed E-state index contributed by atoms with van der Waals surface area (Å²) in [7, 11) is 0. The van der Waals surface area contributed by atoms with E-state index >= 15 is 0 Å². The summed E-state index contributed by atoms with van der Waals surface area (Å²) in [5.74, 6) is 0. The van der Waals surface area contributed by atoms with E-state index in [1.165, 1.54) is 187 Å². The van der Waals surface area contributed by atoms with E-state index in [1.54, 1.807) is 0 Å². The van der Waals surface area contributed by atoms with Crippen molar-refractivity contribution in [2.24, 2.45) is 0 Å². The van der Waals surface area contributed by atoms with Gasteiger partial charge in [-0.1, -0.05) is 289 Å². The van der Waals surface area contributed by atoms with Crippen LogP contribution in [-0.2, 0) is 16.2 Å². The first-order valence-corrected chi connectivity index (χ1v) is 38.1. The lowest BCUT2D eigenvalue weighted by molar-refractivity contribution is 0.660. The van der Waals surface area contributed by atoms with E-state index in [-0.39, 0.29) is 10.8 Å². The Kier molecular flexibility index (Phi) is 15.3. The molecule has 0 radical (unpaired) electrons. The van der Waals surface area contributed by atoms with Crippen molar-refractivity contribution >= 4 is 87.2 Å². The van der Waals surface area contributed by atoms with Crippen LogP contribution in [-0.4, -0.2) is 0 Å². The standard InChI is InChI=1S/C58H45N.C45H35NS/c1-38-34-41(47-27-17-19-40-18-11-12-24-46(40)47)35-39(2)56(38)59(44-30-32-50-48-25-13-15-28-52(48)57(3,4)54(50)36-44)45-31-33-51-49-26-14-16-29-53(49)58(55(51)37-45,42-20-7-5-8-21-42)43-22-9-6-10-23-43;1-28-24-31(35-17-11-13-30-12-5-6-14-34(30)35)25-29(2)44(28)46(33-21-23-39-38-16-8-10-19-42(38)47-43(39)27-33)32-20-22-37-36-15-7-9-18-40(36)45(3,4)41(37)26-32/h5-37H,1-4H3;5-27H,1-4H3. The zero-order valence-corrected chi connectivity index (χ0v) is 62.0. The Bertz CT molecular complexity index is 6310. The van der Waals surface area contributed by atoms with Crippen molar-refractivity contribution in [3.8, 4) is 55.6 Å². The van der Waals surface area contributed by atoms with Crippen LogP contribution < -0.4 is 9.80 Å². The number of aryl methyl sites for hydroxylation is 4. The predicted octanol–water partition coefficient (Wildman–Crippen LogP) is 28.5. The minimum Gasteiger partial charge on any atom is -0.310 e. The van der Waals surface area contributed by atoms with Gasteiger partial charge in [-0.15, -0.1) is 11.3 Å². The monoisotopic (exact) mass is 1380 g/mol. The first-order chi connectivity index (χ1) is 51.7. The number of nitrogens with zero attached hydrogens (tertiary/aromatic N) is 2. The van der Waals surface area contributed by atoms with Crippen molar-refractivity contribution in [2.75, 3.05) is 9.80 Å². The van der Waals surface area contributed by atoms with Gasteiger partial charge < -0.3 is 9.80 Å². The largest absolute Gasteiger partial charge is 0.310 e. The van der Waals surface area contributed by atoms with Crippen LogP contribution >= 0.6 is 11.3 Å². The minimum absolute atomic E-state index is 0.0780. The summed E-state index contributed by atoms with van der Waals surface area (Å²) in [6.07, 6.45) is 0. The summed E-state index contributed by atoms with van der Waals surface area (Å²) in [6, 6.07) is 127. The Labute approximate surface area is 626 Å². The molecule has 0 N–H and O–H groups in total. The highest BCUT2D eigenvalue weighted by molar-refractivity contribution is 7.25. The van der Waals surface area contributed by atoms with Crippen molar-refractivity contribution in [3.63, 3.8) is 0 Å². The van der Waals surface area contributed by atoms with Crippen LogP contribution in [0.15, 0.2) is 340 Å². The van der Waals surface area contributed by atoms with Crippen molar-refractivity contribution in [1.29, 1.82) is 0 Å². The number of fused-ring (bicyclic) bond motifs is 14. The molecular formula is C103H80N2S. The molecule has 508 valence electrons. The zero-order valence-electron chi connectivity index (χ0n) is 61.1. The third-order valence-corrected chi connectivity index (χ3v) is 24.7. The van der Waals surface area contributed by atoms with Gasteiger partial charge in [-0.2, -0.15) is 0 Å². The number of anilines is 6. The van der Waals surface area contributed by atoms with Crippen LogP contribution in [0.3, 0.4) is 0 Å². The van der Waals surface area contributed by atoms with Gasteiger partial charge in [-0.25, -0.2) is 0 Å². The van der Waals surface area contributed by atoms with Crippen molar-refractivity contribution in [1.82, 2.24) is 0 Å². The van der Waals surface area contributed by atoms with Crippen LogP contribution in [0.4, 0.5) is 34.1 Å². The molecular weight excluding hydrogens is 1300 g/mol. The summed E-state index contributed by atoms with van der Waals surface area (Å²) in [5, 5.41) is 7.73. The molecule has 0 amide bonds. The molecule has 17 aromatic rings. The second-order valence-electron chi connectivity index (χ2n) is 30.5. The van der Waals surface area contributed by atoms with E-state index in [2.05, 4.69) is 405 Å². The van der Waals surface area contributed by atoms with Gasteiger partial charge in [0.15, 0.2) is 0 Å². The molecule has 0 fully saturated rings. The molecule has 20 rings (SSSR count). The van der Waals surface area contributed by atoms with Gasteiger partial charge in [0.25, 0.3) is 0 Å². The van der Waals surface area contributed by atoms with E-state index in [0.717, 1.165) is 11.4 Å². The van der Waals surface area contributed by atoms with E-state index in [1.807, 2.05) is 11.3 Å². The third-order valence-electron chi connectivity index (χ3n) is 23.6. The summed E-state index contributed by atoms with van der Waals surface area (Å²) in [4.78, 5) is 5.04. The second kappa shape index (κ2) is 25.1. The molecule has 0 aliphatic heterocycles. The Morgan fingerprint density at radius 2 is 0.566 bits per heavy atom. The average Bonchev–Trinajstić information content (AvgIpc) is 1.54. The van der Waals surface area contributed by atoms with Crippen LogP contribution in [0.2, 0.25) is 0 Å². The lowest BCUT2D eigenvalue weighted by Gasteiger charge is -2.35. The maximum Gasteiger partial charge on any atom is 0.0714 e. The maximum absolute atomic E-state index is 2.54. The lowest BCUT2D eigenvalue weighted by atomic mass is 9.67. The first kappa shape index (κ1) is 64.7. The van der Waals surface area contributed by atoms with Gasteiger partial charge in [-0.3, -0.25) is 0 Å². The Hall–Kier alpha value is -12.1. The van der Waals surface area contributed by atoms with Gasteiger partial charge in [0.1, 0.15) is 0 Å². The molecule has 0 saturated heterocycles. The molecule has 3 aliphatic carbocycles. The molecule has 2 nitrogen and oxygen atoms in total. The van der Waals surface area contributed by atoms with E-state index < -0.39 is 5.41 Å². The Morgan fingerprint density at radius 1 is 0.236 bits per heavy atom. The minimum atomic E-state index is -0.500. The smallest absolute Gasteiger partial charge is 0.0714 e. The summed E-state index contributed by atoms with van der Waals surface area (Å²) in [6.45, 7) is 18.6. The van der Waals surface area contributed by atoms with Crippen molar-refractivity contribution in [2.45, 2.75) is 71.6 Å². The predicted molar refractivity (Wildman–Crippen MR) is 452 cm³/mol. The number of thiophene rings is 1. The molecule has 0 bridgehead atoms. The summed E-state index contributed by atoms with van der Waals surface area (Å²) >= 11 is 1.88. The third kappa shape index (κ3) is 10.1. The van der Waals surface area contributed by atoms with Crippen molar-refractivity contribution < 1.29 is 0 Å². The van der Waals surface area contributed by atoms with E-state index in [4.69, 9.17) is 0 Å². The Morgan fingerprint density at radius 3 is 1.05 bits per heavy atom. The summed E-state index contributed by atoms with van der Waals surface area (Å²) < 4.78 is 2.64. The molecule has 0 saturated carbocycles. The van der Waals surface area contributed by atoms with Gasteiger partial charge in [0.2, 0.25) is 0 Å².